The lowest BCUT2D eigenvalue weighted by atomic mass is 10.1. The molecule has 0 saturated carbocycles. The summed E-state index contributed by atoms with van der Waals surface area (Å²) in [7, 11) is 4.61. The summed E-state index contributed by atoms with van der Waals surface area (Å²) >= 11 is 0. The Balaban J connectivity index is 2.64. The van der Waals surface area contributed by atoms with Gasteiger partial charge in [0.2, 0.25) is 0 Å². The van der Waals surface area contributed by atoms with Crippen LogP contribution in [0.3, 0.4) is 0 Å². The molecule has 1 heteroatoms. The van der Waals surface area contributed by atoms with Crippen molar-refractivity contribution in [1.82, 2.24) is 0 Å². The van der Waals surface area contributed by atoms with Crippen molar-refractivity contribution in [3.8, 4) is 0 Å². The summed E-state index contributed by atoms with van der Waals surface area (Å²) in [6, 6.07) is 9.05. The fourth-order valence-electron chi connectivity index (χ4n) is 2.06. The summed E-state index contributed by atoms with van der Waals surface area (Å²) in [5.41, 5.74) is 2.88. The van der Waals surface area contributed by atoms with Crippen LogP contribution in [0.4, 0.5) is 0 Å². The predicted octanol–water partition coefficient (Wildman–Crippen LogP) is 3.24. The highest BCUT2D eigenvalue weighted by Crippen LogP contribution is 2.11. The minimum atomic E-state index is 1.09. The molecule has 1 aromatic rings. The van der Waals surface area contributed by atoms with E-state index in [0.29, 0.717) is 0 Å². The fourth-order valence-corrected chi connectivity index (χ4v) is 2.06. The van der Waals surface area contributed by atoms with Crippen LogP contribution in [0.2, 0.25) is 0 Å². The summed E-state index contributed by atoms with van der Waals surface area (Å²) in [6.07, 6.45) is 2.38. The van der Waals surface area contributed by atoms with E-state index in [1.54, 1.807) is 0 Å². The Kier molecular flexibility index (Phi) is 4.34. The smallest absolute Gasteiger partial charge is 0.104 e. The van der Waals surface area contributed by atoms with Crippen molar-refractivity contribution in [3.63, 3.8) is 0 Å². The van der Waals surface area contributed by atoms with Crippen LogP contribution in [0.1, 0.15) is 31.4 Å². The molecule has 0 fully saturated rings. The Hall–Kier alpha value is -0.820. The van der Waals surface area contributed by atoms with Crippen LogP contribution in [-0.4, -0.2) is 25.1 Å². The van der Waals surface area contributed by atoms with Crippen LogP contribution in [0.25, 0.3) is 0 Å². The number of hydrogen-bond donors (Lipinski definition) is 0. The van der Waals surface area contributed by atoms with Gasteiger partial charge < -0.3 is 4.48 Å². The van der Waals surface area contributed by atoms with Crippen molar-refractivity contribution in [2.45, 2.75) is 33.2 Å². The van der Waals surface area contributed by atoms with E-state index in [-0.39, 0.29) is 0 Å². The first-order chi connectivity index (χ1) is 7.07. The summed E-state index contributed by atoms with van der Waals surface area (Å²) in [5, 5.41) is 0. The molecule has 0 amide bonds. The second-order valence-electron chi connectivity index (χ2n) is 4.99. The van der Waals surface area contributed by atoms with Crippen LogP contribution in [0.15, 0.2) is 24.3 Å². The van der Waals surface area contributed by atoms with Gasteiger partial charge in [0.1, 0.15) is 6.54 Å². The lowest BCUT2D eigenvalue weighted by Crippen LogP contribution is -2.39. The monoisotopic (exact) mass is 206 g/mol. The molecule has 0 atom stereocenters. The zero-order chi connectivity index (χ0) is 11.3. The van der Waals surface area contributed by atoms with Crippen molar-refractivity contribution < 1.29 is 4.48 Å². The van der Waals surface area contributed by atoms with Gasteiger partial charge in [-0.15, -0.1) is 0 Å². The second-order valence-corrected chi connectivity index (χ2v) is 4.99. The van der Waals surface area contributed by atoms with Crippen LogP contribution in [0.5, 0.6) is 0 Å². The Bertz CT molecular complexity index is 285. The van der Waals surface area contributed by atoms with Gasteiger partial charge in [0.25, 0.3) is 0 Å². The van der Waals surface area contributed by atoms with Crippen LogP contribution >= 0.6 is 0 Å². The van der Waals surface area contributed by atoms with Crippen LogP contribution < -0.4 is 0 Å². The van der Waals surface area contributed by atoms with E-state index in [9.17, 15) is 0 Å². The molecule has 1 aromatic carbocycles. The molecule has 0 N–H and O–H groups in total. The van der Waals surface area contributed by atoms with Crippen molar-refractivity contribution >= 4 is 0 Å². The van der Waals surface area contributed by atoms with Gasteiger partial charge in [-0.25, -0.2) is 0 Å². The lowest BCUT2D eigenvalue weighted by Gasteiger charge is -2.29. The first-order valence-corrected chi connectivity index (χ1v) is 5.97. The Morgan fingerprint density at radius 1 is 0.933 bits per heavy atom. The quantitative estimate of drug-likeness (QED) is 0.649. The van der Waals surface area contributed by atoms with Gasteiger partial charge in [-0.2, -0.15) is 0 Å². The number of rotatable bonds is 5. The van der Waals surface area contributed by atoms with Gasteiger partial charge in [-0.1, -0.05) is 38.1 Å². The number of aryl methyl sites for hydroxylation is 1. The maximum atomic E-state index is 2.30. The largest absolute Gasteiger partial charge is 0.325 e. The van der Waals surface area contributed by atoms with Gasteiger partial charge in [0, 0.05) is 5.56 Å². The summed E-state index contributed by atoms with van der Waals surface area (Å²) in [5.74, 6) is 0. The molecule has 0 saturated heterocycles. The molecule has 0 spiro atoms. The Morgan fingerprint density at radius 2 is 1.47 bits per heavy atom. The zero-order valence-corrected chi connectivity index (χ0v) is 10.6. The third kappa shape index (κ3) is 4.05. The van der Waals surface area contributed by atoms with Crippen LogP contribution in [0, 0.1) is 0 Å². The van der Waals surface area contributed by atoms with E-state index in [1.807, 2.05) is 0 Å². The molecule has 15 heavy (non-hydrogen) atoms. The minimum Gasteiger partial charge on any atom is -0.325 e. The van der Waals surface area contributed by atoms with Crippen molar-refractivity contribution in [1.29, 1.82) is 0 Å². The molecule has 0 heterocycles. The SMILES string of the molecule is CCC[N+](C)(C)Cc1ccc(CC)cc1. The Labute approximate surface area is 94.3 Å². The molecule has 0 unspecified atom stereocenters. The maximum Gasteiger partial charge on any atom is 0.104 e. The molecular weight excluding hydrogens is 182 g/mol. The average Bonchev–Trinajstić information content (AvgIpc) is 2.18. The molecule has 0 aliphatic heterocycles. The first kappa shape index (κ1) is 12.3. The molecule has 1 nitrogen and oxygen atoms in total. The lowest BCUT2D eigenvalue weighted by molar-refractivity contribution is -0.903. The molecule has 0 radical (unpaired) electrons. The maximum absolute atomic E-state index is 2.30. The summed E-state index contributed by atoms with van der Waals surface area (Å²) in [4.78, 5) is 0. The van der Waals surface area contributed by atoms with Crippen molar-refractivity contribution in [2.75, 3.05) is 20.6 Å². The fraction of sp³-hybridized carbons (Fsp3) is 0.571. The third-order valence-corrected chi connectivity index (χ3v) is 2.87. The van der Waals surface area contributed by atoms with Crippen molar-refractivity contribution in [2.24, 2.45) is 0 Å². The molecular formula is C14H24N+. The van der Waals surface area contributed by atoms with E-state index < -0.39 is 0 Å². The topological polar surface area (TPSA) is 0 Å². The summed E-state index contributed by atoms with van der Waals surface area (Å²) < 4.78 is 1.09. The van der Waals surface area contributed by atoms with Crippen molar-refractivity contribution in [3.05, 3.63) is 35.4 Å². The number of hydrogen-bond acceptors (Lipinski definition) is 0. The number of nitrogens with zero attached hydrogens (tertiary/aromatic N) is 1. The molecule has 0 aliphatic rings. The third-order valence-electron chi connectivity index (χ3n) is 2.87. The molecule has 84 valence electrons. The highest BCUT2D eigenvalue weighted by molar-refractivity contribution is 5.21. The van der Waals surface area contributed by atoms with E-state index in [2.05, 4.69) is 52.2 Å². The van der Waals surface area contributed by atoms with Gasteiger partial charge in [0.15, 0.2) is 0 Å². The number of benzene rings is 1. The highest BCUT2D eigenvalue weighted by Gasteiger charge is 2.13. The van der Waals surface area contributed by atoms with E-state index in [4.69, 9.17) is 0 Å². The zero-order valence-electron chi connectivity index (χ0n) is 10.6. The minimum absolute atomic E-state index is 1.09. The van der Waals surface area contributed by atoms with E-state index in [1.165, 1.54) is 24.1 Å². The van der Waals surface area contributed by atoms with Gasteiger partial charge in [-0.3, -0.25) is 0 Å². The average molecular weight is 206 g/mol. The van der Waals surface area contributed by atoms with Gasteiger partial charge >= 0.3 is 0 Å². The molecule has 0 aliphatic carbocycles. The Morgan fingerprint density at radius 3 is 1.93 bits per heavy atom. The van der Waals surface area contributed by atoms with E-state index in [0.717, 1.165) is 17.4 Å². The number of quaternary nitrogens is 1. The molecule has 1 rings (SSSR count). The van der Waals surface area contributed by atoms with Gasteiger partial charge in [-0.05, 0) is 18.4 Å². The summed E-state index contributed by atoms with van der Waals surface area (Å²) in [6.45, 7) is 6.83. The van der Waals surface area contributed by atoms with E-state index >= 15 is 0 Å². The predicted molar refractivity (Wildman–Crippen MR) is 66.8 cm³/mol. The molecule has 0 aromatic heterocycles. The molecule has 0 bridgehead atoms. The van der Waals surface area contributed by atoms with Crippen LogP contribution in [-0.2, 0) is 13.0 Å². The standard InChI is InChI=1S/C14H24N/c1-5-11-15(3,4)12-14-9-7-13(6-2)8-10-14/h7-10H,5-6,11-12H2,1-4H3/q+1. The highest BCUT2D eigenvalue weighted by atomic mass is 15.3. The van der Waals surface area contributed by atoms with Gasteiger partial charge in [0.05, 0.1) is 20.6 Å². The normalized spacial score (nSPS) is 11.7. The first-order valence-electron chi connectivity index (χ1n) is 5.97. The second kappa shape index (κ2) is 5.32.